The normalized spacial score (nSPS) is 11.3. The minimum Gasteiger partial charge on any atom is -0.319 e. The van der Waals surface area contributed by atoms with Crippen molar-refractivity contribution in [1.82, 2.24) is 29.3 Å². The number of aryl methyl sites for hydroxylation is 1. The van der Waals surface area contributed by atoms with Crippen molar-refractivity contribution < 1.29 is 0 Å². The van der Waals surface area contributed by atoms with E-state index in [9.17, 15) is 0 Å². The van der Waals surface area contributed by atoms with E-state index in [1.807, 2.05) is 16.2 Å². The van der Waals surface area contributed by atoms with Gasteiger partial charge in [0.05, 0.1) is 17.4 Å². The second-order valence-electron chi connectivity index (χ2n) is 4.10. The fraction of sp³-hybridized carbons (Fsp3) is 0.273. The van der Waals surface area contributed by atoms with Crippen LogP contribution in [-0.4, -0.2) is 29.3 Å². The van der Waals surface area contributed by atoms with Crippen molar-refractivity contribution in [2.45, 2.75) is 12.4 Å². The molecule has 0 aliphatic rings. The summed E-state index contributed by atoms with van der Waals surface area (Å²) >= 11 is 11.9. The minimum absolute atomic E-state index is 0.297. The van der Waals surface area contributed by atoms with Crippen LogP contribution >= 0.6 is 23.2 Å². The van der Waals surface area contributed by atoms with Crippen LogP contribution < -0.4 is 0 Å². The zero-order chi connectivity index (χ0) is 13.4. The molecule has 0 radical (unpaired) electrons. The van der Waals surface area contributed by atoms with E-state index in [2.05, 4.69) is 20.2 Å². The van der Waals surface area contributed by atoms with Gasteiger partial charge in [-0.15, -0.1) is 21.8 Å². The lowest BCUT2D eigenvalue weighted by molar-refractivity contribution is 0.686. The Bertz CT molecular complexity index is 732. The molecule has 6 nitrogen and oxygen atoms in total. The maximum atomic E-state index is 5.94. The maximum Gasteiger partial charge on any atom is 0.160 e. The first-order valence-electron chi connectivity index (χ1n) is 5.58. The van der Waals surface area contributed by atoms with Crippen LogP contribution in [0.2, 0.25) is 5.02 Å². The standard InChI is InChI=1S/C11H10Cl2N6/c1-18-6-15-17-10(18)5-19-9(3-12)16-8-2-7(13)4-14-11(8)19/h2,4,6H,3,5H2,1H3. The highest BCUT2D eigenvalue weighted by Gasteiger charge is 2.13. The monoisotopic (exact) mass is 296 g/mol. The molecule has 0 N–H and O–H groups in total. The van der Waals surface area contributed by atoms with E-state index in [1.165, 1.54) is 0 Å². The van der Waals surface area contributed by atoms with Crippen LogP contribution in [0.1, 0.15) is 11.6 Å². The Hall–Kier alpha value is -1.66. The van der Waals surface area contributed by atoms with E-state index in [-0.39, 0.29) is 0 Å². The Balaban J connectivity index is 2.13. The lowest BCUT2D eigenvalue weighted by Crippen LogP contribution is -2.09. The molecular formula is C11H10Cl2N6. The van der Waals surface area contributed by atoms with Gasteiger partial charge in [0.2, 0.25) is 0 Å². The second-order valence-corrected chi connectivity index (χ2v) is 4.81. The molecule has 8 heteroatoms. The number of alkyl halides is 1. The molecule has 3 heterocycles. The number of aromatic nitrogens is 6. The van der Waals surface area contributed by atoms with Gasteiger partial charge in [-0.3, -0.25) is 0 Å². The zero-order valence-corrected chi connectivity index (χ0v) is 11.6. The molecule has 0 bridgehead atoms. The molecule has 0 spiro atoms. The summed E-state index contributed by atoms with van der Waals surface area (Å²) in [5, 5.41) is 8.47. The van der Waals surface area contributed by atoms with Crippen molar-refractivity contribution in [3.05, 3.63) is 35.3 Å². The Kier molecular flexibility index (Phi) is 3.12. The van der Waals surface area contributed by atoms with Gasteiger partial charge < -0.3 is 9.13 Å². The van der Waals surface area contributed by atoms with E-state index >= 15 is 0 Å². The molecular weight excluding hydrogens is 287 g/mol. The van der Waals surface area contributed by atoms with Crippen molar-refractivity contribution in [2.24, 2.45) is 7.05 Å². The molecule has 0 atom stereocenters. The predicted octanol–water partition coefficient (Wildman–Crippen LogP) is 2.00. The first-order chi connectivity index (χ1) is 9.19. The van der Waals surface area contributed by atoms with Gasteiger partial charge in [0, 0.05) is 13.2 Å². The zero-order valence-electron chi connectivity index (χ0n) is 10.1. The first-order valence-corrected chi connectivity index (χ1v) is 6.50. The molecule has 19 heavy (non-hydrogen) atoms. The summed E-state index contributed by atoms with van der Waals surface area (Å²) in [7, 11) is 1.89. The van der Waals surface area contributed by atoms with Gasteiger partial charge in [-0.05, 0) is 6.07 Å². The van der Waals surface area contributed by atoms with Crippen LogP contribution in [0, 0.1) is 0 Å². The van der Waals surface area contributed by atoms with Crippen LogP contribution in [0.3, 0.4) is 0 Å². The topological polar surface area (TPSA) is 61.4 Å². The van der Waals surface area contributed by atoms with E-state index in [4.69, 9.17) is 23.2 Å². The van der Waals surface area contributed by atoms with Crippen molar-refractivity contribution in [2.75, 3.05) is 0 Å². The van der Waals surface area contributed by atoms with Crippen molar-refractivity contribution in [3.8, 4) is 0 Å². The lowest BCUT2D eigenvalue weighted by Gasteiger charge is -2.06. The fourth-order valence-corrected chi connectivity index (χ4v) is 2.25. The van der Waals surface area contributed by atoms with E-state index < -0.39 is 0 Å². The van der Waals surface area contributed by atoms with Gasteiger partial charge in [0.1, 0.15) is 17.7 Å². The van der Waals surface area contributed by atoms with Crippen molar-refractivity contribution in [3.63, 3.8) is 0 Å². The van der Waals surface area contributed by atoms with E-state index in [0.29, 0.717) is 17.4 Å². The summed E-state index contributed by atoms with van der Waals surface area (Å²) < 4.78 is 3.77. The van der Waals surface area contributed by atoms with Crippen LogP contribution in [0.15, 0.2) is 18.6 Å². The second kappa shape index (κ2) is 4.79. The summed E-state index contributed by atoms with van der Waals surface area (Å²) in [5.41, 5.74) is 1.47. The molecule has 3 aromatic heterocycles. The molecule has 0 saturated carbocycles. The molecule has 0 unspecified atom stereocenters. The van der Waals surface area contributed by atoms with Gasteiger partial charge >= 0.3 is 0 Å². The average Bonchev–Trinajstić information content (AvgIpc) is 2.94. The number of hydrogen-bond donors (Lipinski definition) is 0. The number of pyridine rings is 1. The first kappa shape index (κ1) is 12.4. The number of halogens is 2. The molecule has 0 fully saturated rings. The van der Waals surface area contributed by atoms with E-state index in [1.54, 1.807) is 18.6 Å². The third-order valence-corrected chi connectivity index (χ3v) is 3.30. The highest BCUT2D eigenvalue weighted by atomic mass is 35.5. The fourth-order valence-electron chi connectivity index (χ4n) is 1.89. The van der Waals surface area contributed by atoms with E-state index in [0.717, 1.165) is 22.8 Å². The largest absolute Gasteiger partial charge is 0.319 e. The molecule has 0 saturated heterocycles. The third kappa shape index (κ3) is 2.17. The minimum atomic E-state index is 0.297. The summed E-state index contributed by atoms with van der Waals surface area (Å²) in [4.78, 5) is 8.74. The Morgan fingerprint density at radius 1 is 1.32 bits per heavy atom. The van der Waals surface area contributed by atoms with Gasteiger partial charge in [0.15, 0.2) is 11.5 Å². The van der Waals surface area contributed by atoms with Gasteiger partial charge in [-0.25, -0.2) is 9.97 Å². The number of nitrogens with zero attached hydrogens (tertiary/aromatic N) is 6. The molecule has 0 amide bonds. The van der Waals surface area contributed by atoms with Crippen LogP contribution in [-0.2, 0) is 19.5 Å². The molecule has 0 aliphatic carbocycles. The molecule has 98 valence electrons. The third-order valence-electron chi connectivity index (χ3n) is 2.85. The number of hydrogen-bond acceptors (Lipinski definition) is 4. The Labute approximate surface area is 119 Å². The summed E-state index contributed by atoms with van der Waals surface area (Å²) in [5.74, 6) is 1.84. The predicted molar refractivity (Wildman–Crippen MR) is 72.2 cm³/mol. The molecule has 0 aliphatic heterocycles. The highest BCUT2D eigenvalue weighted by molar-refractivity contribution is 6.31. The highest BCUT2D eigenvalue weighted by Crippen LogP contribution is 2.19. The molecule has 3 rings (SSSR count). The number of imidazole rings is 1. The average molecular weight is 297 g/mol. The van der Waals surface area contributed by atoms with Gasteiger partial charge in [0.25, 0.3) is 0 Å². The SMILES string of the molecule is Cn1cnnc1Cn1c(CCl)nc2cc(Cl)cnc21. The Morgan fingerprint density at radius 3 is 2.84 bits per heavy atom. The maximum absolute atomic E-state index is 5.94. The van der Waals surface area contributed by atoms with Crippen molar-refractivity contribution >= 4 is 34.4 Å². The summed E-state index contributed by atoms with van der Waals surface area (Å²) in [6.45, 7) is 0.518. The van der Waals surface area contributed by atoms with Crippen LogP contribution in [0.4, 0.5) is 0 Å². The lowest BCUT2D eigenvalue weighted by atomic mass is 10.4. The van der Waals surface area contributed by atoms with Gasteiger partial charge in [-0.2, -0.15) is 0 Å². The summed E-state index contributed by atoms with van der Waals surface area (Å²) in [6.07, 6.45) is 3.25. The van der Waals surface area contributed by atoms with Gasteiger partial charge in [-0.1, -0.05) is 11.6 Å². The summed E-state index contributed by atoms with van der Waals surface area (Å²) in [6, 6.07) is 1.77. The molecule has 3 aromatic rings. The quantitative estimate of drug-likeness (QED) is 0.694. The number of fused-ring (bicyclic) bond motifs is 1. The Morgan fingerprint density at radius 2 is 2.16 bits per heavy atom. The smallest absolute Gasteiger partial charge is 0.160 e. The van der Waals surface area contributed by atoms with Crippen LogP contribution in [0.25, 0.3) is 11.2 Å². The molecule has 0 aromatic carbocycles. The number of rotatable bonds is 3. The van der Waals surface area contributed by atoms with Crippen molar-refractivity contribution in [1.29, 1.82) is 0 Å². The van der Waals surface area contributed by atoms with Crippen LogP contribution in [0.5, 0.6) is 0 Å².